The van der Waals surface area contributed by atoms with Gasteiger partial charge in [0.1, 0.15) is 5.54 Å². The molecule has 1 aliphatic rings. The van der Waals surface area contributed by atoms with Gasteiger partial charge in [-0.15, -0.1) is 0 Å². The van der Waals surface area contributed by atoms with Gasteiger partial charge in [-0.05, 0) is 13.3 Å². The van der Waals surface area contributed by atoms with Crippen molar-refractivity contribution in [1.82, 2.24) is 10.2 Å². The summed E-state index contributed by atoms with van der Waals surface area (Å²) in [6.07, 6.45) is 0.880. The number of amides is 2. The first-order valence-electron chi connectivity index (χ1n) is 6.38. The van der Waals surface area contributed by atoms with E-state index in [0.29, 0.717) is 37.4 Å². The van der Waals surface area contributed by atoms with Crippen molar-refractivity contribution in [3.63, 3.8) is 0 Å². The molecule has 1 fully saturated rings. The van der Waals surface area contributed by atoms with Crippen molar-refractivity contribution in [3.8, 4) is 0 Å². The number of rotatable bonds is 5. The molecular weight excluding hydrogens is 252 g/mol. The summed E-state index contributed by atoms with van der Waals surface area (Å²) in [4.78, 5) is 25.6. The van der Waals surface area contributed by atoms with Gasteiger partial charge in [-0.25, -0.2) is 0 Å². The number of nitrogens with zero attached hydrogens (tertiary/aromatic N) is 1. The Labute approximate surface area is 111 Å². The van der Waals surface area contributed by atoms with Crippen LogP contribution in [-0.4, -0.2) is 51.1 Å². The van der Waals surface area contributed by atoms with E-state index in [1.807, 2.05) is 13.8 Å². The predicted octanol–water partition coefficient (Wildman–Crippen LogP) is 0.272. The van der Waals surface area contributed by atoms with Crippen molar-refractivity contribution in [1.29, 1.82) is 0 Å². The molecule has 1 heterocycles. The molecule has 0 aromatic carbocycles. The fourth-order valence-corrected chi connectivity index (χ4v) is 2.63. The van der Waals surface area contributed by atoms with E-state index in [0.717, 1.165) is 0 Å². The zero-order valence-electron chi connectivity index (χ0n) is 11.3. The van der Waals surface area contributed by atoms with E-state index in [2.05, 4.69) is 5.32 Å². The summed E-state index contributed by atoms with van der Waals surface area (Å²) >= 11 is 0. The molecule has 104 valence electrons. The van der Waals surface area contributed by atoms with Crippen LogP contribution in [0.4, 0.5) is 0 Å². The minimum absolute atomic E-state index is 0.0658. The topological polar surface area (TPSA) is 66.5 Å². The highest BCUT2D eigenvalue weighted by Crippen LogP contribution is 2.17. The van der Waals surface area contributed by atoms with Gasteiger partial charge in [0, 0.05) is 41.8 Å². The molecule has 1 saturated heterocycles. The molecule has 1 N–H and O–H groups in total. The number of hydrogen-bond donors (Lipinski definition) is 1. The Morgan fingerprint density at radius 2 is 2.06 bits per heavy atom. The molecule has 0 spiro atoms. The summed E-state index contributed by atoms with van der Waals surface area (Å²) in [5.41, 5.74) is -0.818. The lowest BCUT2D eigenvalue weighted by Crippen LogP contribution is -2.55. The molecule has 0 aromatic rings. The normalized spacial score (nSPS) is 26.7. The van der Waals surface area contributed by atoms with Crippen molar-refractivity contribution >= 4 is 22.6 Å². The lowest BCUT2D eigenvalue weighted by molar-refractivity contribution is -0.138. The first kappa shape index (κ1) is 15.1. The van der Waals surface area contributed by atoms with Crippen LogP contribution in [0.2, 0.25) is 0 Å². The molecule has 0 aromatic heterocycles. The maximum atomic E-state index is 12.4. The Bertz CT molecular complexity index is 359. The second-order valence-electron chi connectivity index (χ2n) is 4.71. The van der Waals surface area contributed by atoms with Crippen molar-refractivity contribution < 1.29 is 13.8 Å². The maximum Gasteiger partial charge on any atom is 0.248 e. The molecule has 5 nitrogen and oxygen atoms in total. The second kappa shape index (κ2) is 6.31. The molecule has 18 heavy (non-hydrogen) atoms. The van der Waals surface area contributed by atoms with Crippen molar-refractivity contribution in [2.75, 3.05) is 24.6 Å². The zero-order chi connectivity index (χ0) is 13.8. The van der Waals surface area contributed by atoms with Crippen LogP contribution < -0.4 is 5.32 Å². The van der Waals surface area contributed by atoms with Crippen LogP contribution in [0.1, 0.15) is 33.6 Å². The zero-order valence-corrected chi connectivity index (χ0v) is 12.1. The van der Waals surface area contributed by atoms with Crippen LogP contribution >= 0.6 is 0 Å². The van der Waals surface area contributed by atoms with Gasteiger partial charge in [0.05, 0.1) is 0 Å². The third-order valence-corrected chi connectivity index (χ3v) is 4.68. The highest BCUT2D eigenvalue weighted by molar-refractivity contribution is 7.84. The number of carbonyl (C=O) groups excluding carboxylic acids is 2. The van der Waals surface area contributed by atoms with E-state index in [-0.39, 0.29) is 11.8 Å². The smallest absolute Gasteiger partial charge is 0.248 e. The third-order valence-electron chi connectivity index (χ3n) is 3.40. The molecule has 1 aliphatic heterocycles. The lowest BCUT2D eigenvalue weighted by atomic mass is 9.97. The number of nitrogens with one attached hydrogen (secondary N) is 1. The molecule has 6 heteroatoms. The van der Waals surface area contributed by atoms with Gasteiger partial charge in [-0.3, -0.25) is 13.8 Å². The Kier molecular flexibility index (Phi) is 5.31. The summed E-state index contributed by atoms with van der Waals surface area (Å²) in [6.45, 7) is 6.38. The van der Waals surface area contributed by atoms with E-state index < -0.39 is 16.3 Å². The number of hydrogen-bond acceptors (Lipinski definition) is 3. The van der Waals surface area contributed by atoms with Crippen LogP contribution in [0.5, 0.6) is 0 Å². The Balaban J connectivity index is 2.75. The average Bonchev–Trinajstić information content (AvgIpc) is 2.46. The van der Waals surface area contributed by atoms with Crippen LogP contribution in [-0.2, 0) is 20.4 Å². The summed E-state index contributed by atoms with van der Waals surface area (Å²) < 4.78 is 11.4. The summed E-state index contributed by atoms with van der Waals surface area (Å²) in [6, 6.07) is 0. The van der Waals surface area contributed by atoms with E-state index in [1.165, 1.54) is 0 Å². The van der Waals surface area contributed by atoms with Crippen molar-refractivity contribution in [2.45, 2.75) is 39.2 Å². The molecule has 2 atom stereocenters. The predicted molar refractivity (Wildman–Crippen MR) is 71.6 cm³/mol. The molecule has 0 bridgehead atoms. The van der Waals surface area contributed by atoms with Crippen LogP contribution in [0.15, 0.2) is 0 Å². The third kappa shape index (κ3) is 3.54. The van der Waals surface area contributed by atoms with Crippen LogP contribution in [0.25, 0.3) is 0 Å². The molecule has 0 aliphatic carbocycles. The van der Waals surface area contributed by atoms with E-state index in [4.69, 9.17) is 0 Å². The molecule has 0 saturated carbocycles. The fraction of sp³-hybridized carbons (Fsp3) is 0.833. The van der Waals surface area contributed by atoms with Gasteiger partial charge in [-0.1, -0.05) is 13.8 Å². The minimum atomic E-state index is -0.884. The summed E-state index contributed by atoms with van der Waals surface area (Å²) in [7, 11) is -0.884. The van der Waals surface area contributed by atoms with Gasteiger partial charge >= 0.3 is 0 Å². The highest BCUT2D eigenvalue weighted by atomic mass is 32.2. The van der Waals surface area contributed by atoms with E-state index >= 15 is 0 Å². The van der Waals surface area contributed by atoms with Gasteiger partial charge < -0.3 is 10.2 Å². The standard InChI is InChI=1S/C12H22N2O3S/c1-4-12(3)11(16)14(7-6-10(15)13-12)8-9-18(17)5-2/h4-9H2,1-3H3,(H,13,15). The van der Waals surface area contributed by atoms with E-state index in [9.17, 15) is 13.8 Å². The van der Waals surface area contributed by atoms with Gasteiger partial charge in [0.25, 0.3) is 0 Å². The molecule has 2 unspecified atom stereocenters. The highest BCUT2D eigenvalue weighted by Gasteiger charge is 2.38. The monoisotopic (exact) mass is 274 g/mol. The summed E-state index contributed by atoms with van der Waals surface area (Å²) in [5, 5.41) is 2.78. The Morgan fingerprint density at radius 1 is 1.39 bits per heavy atom. The quantitative estimate of drug-likeness (QED) is 0.782. The second-order valence-corrected chi connectivity index (χ2v) is 6.57. The van der Waals surface area contributed by atoms with Gasteiger partial charge in [0.15, 0.2) is 0 Å². The SMILES string of the molecule is CCS(=O)CCN1CCC(=O)NC(C)(CC)C1=O. The number of carbonyl (C=O) groups is 2. The molecular formula is C12H22N2O3S. The van der Waals surface area contributed by atoms with Gasteiger partial charge in [-0.2, -0.15) is 0 Å². The lowest BCUT2D eigenvalue weighted by Gasteiger charge is -2.31. The fourth-order valence-electron chi connectivity index (χ4n) is 1.92. The average molecular weight is 274 g/mol. The molecule has 2 amide bonds. The molecule has 1 rings (SSSR count). The molecule has 0 radical (unpaired) electrons. The Hall–Kier alpha value is -0.910. The first-order valence-corrected chi connectivity index (χ1v) is 7.87. The van der Waals surface area contributed by atoms with Crippen molar-refractivity contribution in [2.24, 2.45) is 0 Å². The minimum Gasteiger partial charge on any atom is -0.342 e. The van der Waals surface area contributed by atoms with Crippen LogP contribution in [0, 0.1) is 0 Å². The first-order chi connectivity index (χ1) is 8.42. The summed E-state index contributed by atoms with van der Waals surface area (Å²) in [5.74, 6) is 0.927. The Morgan fingerprint density at radius 3 is 2.61 bits per heavy atom. The van der Waals surface area contributed by atoms with Gasteiger partial charge in [0.2, 0.25) is 11.8 Å². The maximum absolute atomic E-state index is 12.4. The van der Waals surface area contributed by atoms with Crippen LogP contribution in [0.3, 0.4) is 0 Å². The largest absolute Gasteiger partial charge is 0.342 e. The van der Waals surface area contributed by atoms with E-state index in [1.54, 1.807) is 11.8 Å². The van der Waals surface area contributed by atoms with Crippen molar-refractivity contribution in [3.05, 3.63) is 0 Å².